The highest BCUT2D eigenvalue weighted by atomic mass is 35.5. The summed E-state index contributed by atoms with van der Waals surface area (Å²) in [5.41, 5.74) is 0.888. The van der Waals surface area contributed by atoms with Crippen LogP contribution in [0.2, 0.25) is 4.34 Å². The van der Waals surface area contributed by atoms with E-state index >= 15 is 0 Å². The summed E-state index contributed by atoms with van der Waals surface area (Å²) in [5.74, 6) is 0.458. The molecule has 0 amide bonds. The molecule has 2 unspecified atom stereocenters. The SMILES string of the molecule is COc1cccc(C(c2ccc(Cl)s2)N2CCCCC2C(=O)O)c1OC. The second-order valence-corrected chi connectivity index (χ2v) is 7.96. The van der Waals surface area contributed by atoms with Crippen molar-refractivity contribution in [2.75, 3.05) is 20.8 Å². The van der Waals surface area contributed by atoms with E-state index in [4.69, 9.17) is 21.1 Å². The van der Waals surface area contributed by atoms with E-state index in [2.05, 4.69) is 0 Å². The highest BCUT2D eigenvalue weighted by molar-refractivity contribution is 7.16. The number of thiophene rings is 1. The standard InChI is InChI=1S/C19H22ClNO4S/c1-24-14-8-5-6-12(18(14)25-2)17(15-9-10-16(20)26-15)21-11-4-3-7-13(21)19(22)23/h5-6,8-10,13,17H,3-4,7,11H2,1-2H3,(H,22,23). The minimum atomic E-state index is -0.792. The number of halogens is 1. The zero-order chi connectivity index (χ0) is 18.7. The van der Waals surface area contributed by atoms with Crippen LogP contribution in [-0.4, -0.2) is 42.8 Å². The highest BCUT2D eigenvalue weighted by Crippen LogP contribution is 2.44. The molecule has 1 aliphatic heterocycles. The molecule has 7 heteroatoms. The van der Waals surface area contributed by atoms with Gasteiger partial charge in [-0.2, -0.15) is 0 Å². The molecule has 1 aliphatic rings. The zero-order valence-electron chi connectivity index (χ0n) is 14.8. The maximum atomic E-state index is 11.9. The molecule has 1 aromatic heterocycles. The van der Waals surface area contributed by atoms with Crippen LogP contribution in [0.3, 0.4) is 0 Å². The van der Waals surface area contributed by atoms with Crippen molar-refractivity contribution in [1.29, 1.82) is 0 Å². The number of hydrogen-bond acceptors (Lipinski definition) is 5. The van der Waals surface area contributed by atoms with Gasteiger partial charge in [-0.3, -0.25) is 9.69 Å². The van der Waals surface area contributed by atoms with Gasteiger partial charge >= 0.3 is 5.97 Å². The lowest BCUT2D eigenvalue weighted by Crippen LogP contribution is -2.46. The fourth-order valence-electron chi connectivity index (χ4n) is 3.63. The minimum absolute atomic E-state index is 0.251. The van der Waals surface area contributed by atoms with Crippen molar-refractivity contribution in [3.8, 4) is 11.5 Å². The Morgan fingerprint density at radius 1 is 1.27 bits per heavy atom. The average molecular weight is 396 g/mol. The van der Waals surface area contributed by atoms with E-state index in [1.54, 1.807) is 14.2 Å². The van der Waals surface area contributed by atoms with Crippen molar-refractivity contribution in [2.24, 2.45) is 0 Å². The summed E-state index contributed by atoms with van der Waals surface area (Å²) in [5, 5.41) is 9.76. The summed E-state index contributed by atoms with van der Waals surface area (Å²) in [6, 6.07) is 8.73. The van der Waals surface area contributed by atoms with E-state index in [1.165, 1.54) is 11.3 Å². The molecule has 1 fully saturated rings. The highest BCUT2D eigenvalue weighted by Gasteiger charge is 2.37. The number of para-hydroxylation sites is 1. The predicted molar refractivity (Wildman–Crippen MR) is 103 cm³/mol. The second kappa shape index (κ2) is 8.29. The molecule has 1 N–H and O–H groups in total. The Hall–Kier alpha value is -1.76. The van der Waals surface area contributed by atoms with Crippen LogP contribution in [0.4, 0.5) is 0 Å². The predicted octanol–water partition coefficient (Wildman–Crippen LogP) is 4.45. The van der Waals surface area contributed by atoms with Crippen LogP contribution in [-0.2, 0) is 4.79 Å². The van der Waals surface area contributed by atoms with Crippen LogP contribution in [0, 0.1) is 0 Å². The van der Waals surface area contributed by atoms with Gasteiger partial charge in [0.05, 0.1) is 24.6 Å². The number of likely N-dealkylation sites (tertiary alicyclic amines) is 1. The van der Waals surface area contributed by atoms with Crippen LogP contribution < -0.4 is 9.47 Å². The van der Waals surface area contributed by atoms with Gasteiger partial charge in [0.1, 0.15) is 6.04 Å². The summed E-state index contributed by atoms with van der Waals surface area (Å²) >= 11 is 7.65. The van der Waals surface area contributed by atoms with E-state index < -0.39 is 12.0 Å². The molecule has 1 saturated heterocycles. The van der Waals surface area contributed by atoms with Crippen molar-refractivity contribution in [3.63, 3.8) is 0 Å². The first-order valence-corrected chi connectivity index (χ1v) is 9.71. The van der Waals surface area contributed by atoms with E-state index in [0.717, 1.165) is 23.3 Å². The van der Waals surface area contributed by atoms with Gasteiger partial charge in [0.25, 0.3) is 0 Å². The molecule has 0 saturated carbocycles. The van der Waals surface area contributed by atoms with Crippen molar-refractivity contribution in [3.05, 3.63) is 45.1 Å². The first-order valence-electron chi connectivity index (χ1n) is 8.51. The number of hydrogen-bond donors (Lipinski definition) is 1. The number of piperidine rings is 1. The molecule has 1 aromatic carbocycles. The maximum Gasteiger partial charge on any atom is 0.320 e. The molecule has 0 aliphatic carbocycles. The number of methoxy groups -OCH3 is 2. The molecular weight excluding hydrogens is 374 g/mol. The van der Waals surface area contributed by atoms with Crippen LogP contribution >= 0.6 is 22.9 Å². The van der Waals surface area contributed by atoms with Gasteiger partial charge in [-0.05, 0) is 37.6 Å². The van der Waals surface area contributed by atoms with Crippen molar-refractivity contribution in [2.45, 2.75) is 31.3 Å². The lowest BCUT2D eigenvalue weighted by molar-refractivity contribution is -0.145. The number of carboxylic acid groups (broad SMARTS) is 1. The molecule has 0 bridgehead atoms. The summed E-state index contributed by atoms with van der Waals surface area (Å²) in [7, 11) is 3.20. The lowest BCUT2D eigenvalue weighted by Gasteiger charge is -2.39. The molecule has 2 aromatic rings. The summed E-state index contributed by atoms with van der Waals surface area (Å²) in [6.45, 7) is 0.706. The number of carbonyl (C=O) groups is 1. The second-order valence-electron chi connectivity index (χ2n) is 6.21. The van der Waals surface area contributed by atoms with Crippen LogP contribution in [0.15, 0.2) is 30.3 Å². The molecule has 0 spiro atoms. The van der Waals surface area contributed by atoms with Crippen molar-refractivity contribution in [1.82, 2.24) is 4.90 Å². The number of benzene rings is 1. The summed E-state index contributed by atoms with van der Waals surface area (Å²) in [6.07, 6.45) is 2.52. The zero-order valence-corrected chi connectivity index (χ0v) is 16.3. The normalized spacial score (nSPS) is 19.1. The molecule has 0 radical (unpaired) electrons. The number of aliphatic carboxylic acids is 1. The average Bonchev–Trinajstić information content (AvgIpc) is 3.07. The topological polar surface area (TPSA) is 59.0 Å². The Balaban J connectivity index is 2.15. The van der Waals surface area contributed by atoms with Crippen molar-refractivity contribution < 1.29 is 19.4 Å². The number of carboxylic acids is 1. The third-order valence-corrected chi connectivity index (χ3v) is 6.04. The van der Waals surface area contributed by atoms with E-state index in [1.807, 2.05) is 35.2 Å². The van der Waals surface area contributed by atoms with Gasteiger partial charge in [-0.25, -0.2) is 0 Å². The van der Waals surface area contributed by atoms with Crippen molar-refractivity contribution >= 4 is 28.9 Å². The van der Waals surface area contributed by atoms with Gasteiger partial charge in [-0.1, -0.05) is 30.2 Å². The Bertz CT molecular complexity index is 779. The number of nitrogens with zero attached hydrogens (tertiary/aromatic N) is 1. The molecule has 2 atom stereocenters. The first-order chi connectivity index (χ1) is 12.6. The Morgan fingerprint density at radius 3 is 2.69 bits per heavy atom. The third kappa shape index (κ3) is 3.68. The monoisotopic (exact) mass is 395 g/mol. The fraction of sp³-hybridized carbons (Fsp3) is 0.421. The Labute approximate surface area is 162 Å². The molecule has 2 heterocycles. The van der Waals surface area contributed by atoms with Crippen LogP contribution in [0.25, 0.3) is 0 Å². The maximum absolute atomic E-state index is 11.9. The molecule has 26 heavy (non-hydrogen) atoms. The van der Waals surface area contributed by atoms with E-state index in [0.29, 0.717) is 28.8 Å². The molecule has 140 valence electrons. The van der Waals surface area contributed by atoms with Gasteiger partial charge in [0.2, 0.25) is 0 Å². The van der Waals surface area contributed by atoms with Gasteiger partial charge in [0.15, 0.2) is 11.5 Å². The molecule has 3 rings (SSSR count). The van der Waals surface area contributed by atoms with E-state index in [-0.39, 0.29) is 6.04 Å². The number of rotatable bonds is 6. The smallest absolute Gasteiger partial charge is 0.320 e. The lowest BCUT2D eigenvalue weighted by atomic mass is 9.94. The minimum Gasteiger partial charge on any atom is -0.493 e. The van der Waals surface area contributed by atoms with Gasteiger partial charge in [0, 0.05) is 10.4 Å². The largest absolute Gasteiger partial charge is 0.493 e. The number of ether oxygens (including phenoxy) is 2. The quantitative estimate of drug-likeness (QED) is 0.783. The Kier molecular flexibility index (Phi) is 6.06. The van der Waals surface area contributed by atoms with Crippen LogP contribution in [0.1, 0.15) is 35.7 Å². The third-order valence-electron chi connectivity index (χ3n) is 4.75. The first kappa shape index (κ1) is 19.0. The van der Waals surface area contributed by atoms with Crippen LogP contribution in [0.5, 0.6) is 11.5 Å². The molecule has 5 nitrogen and oxygen atoms in total. The summed E-state index contributed by atoms with van der Waals surface area (Å²) < 4.78 is 11.8. The molecular formula is C19H22ClNO4S. The summed E-state index contributed by atoms with van der Waals surface area (Å²) in [4.78, 5) is 14.9. The Morgan fingerprint density at radius 2 is 2.08 bits per heavy atom. The van der Waals surface area contributed by atoms with Gasteiger partial charge in [-0.15, -0.1) is 11.3 Å². The van der Waals surface area contributed by atoms with E-state index in [9.17, 15) is 9.90 Å². The fourth-order valence-corrected chi connectivity index (χ4v) is 4.83. The van der Waals surface area contributed by atoms with Gasteiger partial charge < -0.3 is 14.6 Å².